The molecular formula is C28H37BF2N3. The summed E-state index contributed by atoms with van der Waals surface area (Å²) >= 11 is 0. The molecule has 1 saturated heterocycles. The van der Waals surface area contributed by atoms with Crippen molar-refractivity contribution in [3.63, 3.8) is 0 Å². The van der Waals surface area contributed by atoms with Crippen molar-refractivity contribution in [1.82, 2.24) is 9.88 Å². The zero-order valence-corrected chi connectivity index (χ0v) is 21.0. The Labute approximate surface area is 204 Å². The average Bonchev–Trinajstić information content (AvgIpc) is 3.28. The summed E-state index contributed by atoms with van der Waals surface area (Å²) in [6, 6.07) is 2.09. The van der Waals surface area contributed by atoms with Gasteiger partial charge in [0.05, 0.1) is 5.70 Å². The molecule has 2 unspecified atom stereocenters. The standard InChI is InChI=1S/C28H37BF2N3/c1-5-28(30,31)23-8-6-21(7-9-23)20(4)33-27(19(2)3)18-34-14-11-22(12-15-34)24-16-29-26-10-13-32-17-25(24)26/h6,8,10,13,16-17,21-23H,5,7,9,11-12,14-15,18H2,1-4H3. The molecular weight excluding hydrogens is 427 g/mol. The summed E-state index contributed by atoms with van der Waals surface area (Å²) in [6.45, 7) is 10.8. The van der Waals surface area contributed by atoms with Gasteiger partial charge in [-0.3, -0.25) is 14.9 Å². The normalized spacial score (nSPS) is 23.9. The minimum atomic E-state index is -2.60. The fourth-order valence-electron chi connectivity index (χ4n) is 5.41. The molecule has 2 atom stereocenters. The Bertz CT molecular complexity index is 999. The Morgan fingerprint density at radius 1 is 1.15 bits per heavy atom. The van der Waals surface area contributed by atoms with Crippen LogP contribution in [0.2, 0.25) is 0 Å². The van der Waals surface area contributed by atoms with E-state index < -0.39 is 11.8 Å². The fraction of sp³-hybridized carbons (Fsp3) is 0.571. The predicted octanol–water partition coefficient (Wildman–Crippen LogP) is 5.86. The number of allylic oxidation sites excluding steroid dienone is 4. The van der Waals surface area contributed by atoms with Crippen molar-refractivity contribution in [2.75, 3.05) is 19.6 Å². The number of fused-ring (bicyclic) bond motifs is 1. The summed E-state index contributed by atoms with van der Waals surface area (Å²) in [4.78, 5) is 11.9. The quantitative estimate of drug-likeness (QED) is 0.287. The van der Waals surface area contributed by atoms with Crippen molar-refractivity contribution in [3.05, 3.63) is 53.4 Å². The van der Waals surface area contributed by atoms with E-state index in [2.05, 4.69) is 50.0 Å². The molecule has 3 aliphatic rings. The third kappa shape index (κ3) is 5.59. The van der Waals surface area contributed by atoms with E-state index in [1.54, 1.807) is 13.0 Å². The molecule has 1 aliphatic carbocycles. The molecule has 0 N–H and O–H groups in total. The number of piperidine rings is 1. The van der Waals surface area contributed by atoms with Crippen LogP contribution >= 0.6 is 0 Å². The molecule has 4 rings (SSSR count). The van der Waals surface area contributed by atoms with E-state index in [4.69, 9.17) is 4.99 Å². The lowest BCUT2D eigenvalue weighted by molar-refractivity contribution is -0.0487. The largest absolute Gasteiger partial charge is 0.297 e. The number of halogens is 2. The van der Waals surface area contributed by atoms with E-state index in [0.717, 1.165) is 50.3 Å². The molecule has 1 aromatic heterocycles. The Kier molecular flexibility index (Phi) is 7.86. The van der Waals surface area contributed by atoms with E-state index in [1.807, 2.05) is 18.5 Å². The molecule has 1 fully saturated rings. The van der Waals surface area contributed by atoms with Crippen LogP contribution in [-0.2, 0) is 0 Å². The van der Waals surface area contributed by atoms with Crippen LogP contribution in [0.4, 0.5) is 8.78 Å². The van der Waals surface area contributed by atoms with Gasteiger partial charge < -0.3 is 0 Å². The maximum absolute atomic E-state index is 14.0. The molecule has 3 nitrogen and oxygen atoms in total. The van der Waals surface area contributed by atoms with Crippen molar-refractivity contribution in [2.24, 2.45) is 22.7 Å². The van der Waals surface area contributed by atoms with Gasteiger partial charge in [0.2, 0.25) is 0 Å². The van der Waals surface area contributed by atoms with E-state index in [1.165, 1.54) is 22.2 Å². The zero-order chi connectivity index (χ0) is 24.3. The number of alkyl halides is 2. The van der Waals surface area contributed by atoms with Crippen LogP contribution in [0, 0.1) is 17.8 Å². The van der Waals surface area contributed by atoms with Gasteiger partial charge in [0.1, 0.15) is 0 Å². The first-order valence-electron chi connectivity index (χ1n) is 12.8. The van der Waals surface area contributed by atoms with E-state index >= 15 is 0 Å². The highest BCUT2D eigenvalue weighted by Gasteiger charge is 2.37. The zero-order valence-electron chi connectivity index (χ0n) is 21.0. The molecule has 34 heavy (non-hydrogen) atoms. The monoisotopic (exact) mass is 464 g/mol. The first-order chi connectivity index (χ1) is 16.3. The van der Waals surface area contributed by atoms with Crippen LogP contribution in [0.5, 0.6) is 0 Å². The molecule has 1 aromatic rings. The smallest absolute Gasteiger partial charge is 0.254 e. The SMILES string of the molecule is CCC(F)(F)C1C=CC(C(C)=NC(CN2CCC(C3=C[B]c4ccncc43)CC2)=C(C)C)CC1. The van der Waals surface area contributed by atoms with Crippen LogP contribution in [0.25, 0.3) is 5.57 Å². The van der Waals surface area contributed by atoms with Gasteiger partial charge in [-0.25, -0.2) is 8.78 Å². The summed E-state index contributed by atoms with van der Waals surface area (Å²) in [7, 11) is 2.21. The van der Waals surface area contributed by atoms with Crippen molar-refractivity contribution >= 4 is 24.0 Å². The fourth-order valence-corrected chi connectivity index (χ4v) is 5.41. The predicted molar refractivity (Wildman–Crippen MR) is 139 cm³/mol. The molecule has 181 valence electrons. The summed E-state index contributed by atoms with van der Waals surface area (Å²) in [6.07, 6.45) is 11.0. The number of pyridine rings is 1. The number of aromatic nitrogens is 1. The number of likely N-dealkylation sites (tertiary alicyclic amines) is 1. The lowest BCUT2D eigenvalue weighted by atomic mass is 9.74. The number of hydrogen-bond acceptors (Lipinski definition) is 3. The van der Waals surface area contributed by atoms with Crippen molar-refractivity contribution in [2.45, 2.75) is 65.7 Å². The molecule has 0 aromatic carbocycles. The van der Waals surface area contributed by atoms with Crippen molar-refractivity contribution < 1.29 is 8.78 Å². The first kappa shape index (κ1) is 25.0. The molecule has 0 amide bonds. The maximum Gasteiger partial charge on any atom is 0.254 e. The van der Waals surface area contributed by atoms with E-state index in [0.29, 0.717) is 12.3 Å². The summed E-state index contributed by atoms with van der Waals surface area (Å²) in [5.74, 6) is -0.223. The van der Waals surface area contributed by atoms with Crippen molar-refractivity contribution in [3.8, 4) is 0 Å². The van der Waals surface area contributed by atoms with Crippen molar-refractivity contribution in [1.29, 1.82) is 0 Å². The van der Waals surface area contributed by atoms with Gasteiger partial charge in [0, 0.05) is 42.9 Å². The third-order valence-corrected chi connectivity index (χ3v) is 7.81. The van der Waals surface area contributed by atoms with Gasteiger partial charge in [-0.1, -0.05) is 30.1 Å². The maximum atomic E-state index is 14.0. The average molecular weight is 464 g/mol. The summed E-state index contributed by atoms with van der Waals surface area (Å²) in [5.41, 5.74) is 7.40. The van der Waals surface area contributed by atoms with Crippen LogP contribution in [0.1, 0.15) is 65.4 Å². The minimum absolute atomic E-state index is 0.0999. The second-order valence-corrected chi connectivity index (χ2v) is 10.3. The molecule has 3 heterocycles. The lowest BCUT2D eigenvalue weighted by Gasteiger charge is -2.33. The molecule has 1 radical (unpaired) electrons. The Balaban J connectivity index is 1.34. The second kappa shape index (κ2) is 10.7. The number of aliphatic imine (C=N–C) groups is 1. The highest BCUT2D eigenvalue weighted by Crippen LogP contribution is 2.37. The Morgan fingerprint density at radius 2 is 1.91 bits per heavy atom. The van der Waals surface area contributed by atoms with Gasteiger partial charge in [0.25, 0.3) is 5.92 Å². The van der Waals surface area contributed by atoms with Crippen LogP contribution in [0.3, 0.4) is 0 Å². The highest BCUT2D eigenvalue weighted by atomic mass is 19.3. The molecule has 0 spiro atoms. The van der Waals surface area contributed by atoms with Crippen LogP contribution < -0.4 is 5.46 Å². The first-order valence-corrected chi connectivity index (χ1v) is 12.8. The van der Waals surface area contributed by atoms with Gasteiger partial charge in [-0.2, -0.15) is 0 Å². The topological polar surface area (TPSA) is 28.5 Å². The molecule has 2 aliphatic heterocycles. The van der Waals surface area contributed by atoms with Gasteiger partial charge >= 0.3 is 0 Å². The molecule has 0 bridgehead atoms. The number of hydrogen-bond donors (Lipinski definition) is 0. The van der Waals surface area contributed by atoms with E-state index in [-0.39, 0.29) is 12.3 Å². The number of nitrogens with zero attached hydrogens (tertiary/aromatic N) is 3. The highest BCUT2D eigenvalue weighted by molar-refractivity contribution is 6.63. The summed E-state index contributed by atoms with van der Waals surface area (Å²) in [5, 5.41) is 0. The third-order valence-electron chi connectivity index (χ3n) is 7.81. The summed E-state index contributed by atoms with van der Waals surface area (Å²) < 4.78 is 28.1. The van der Waals surface area contributed by atoms with E-state index in [9.17, 15) is 8.78 Å². The lowest BCUT2D eigenvalue weighted by Crippen LogP contribution is -2.35. The van der Waals surface area contributed by atoms with Gasteiger partial charge in [0.15, 0.2) is 7.28 Å². The molecule has 6 heteroatoms. The minimum Gasteiger partial charge on any atom is -0.297 e. The Morgan fingerprint density at radius 3 is 2.56 bits per heavy atom. The second-order valence-electron chi connectivity index (χ2n) is 10.3. The van der Waals surface area contributed by atoms with Gasteiger partial charge in [-0.05, 0) is 82.7 Å². The Hall–Kier alpha value is -2.08. The number of rotatable bonds is 7. The van der Waals surface area contributed by atoms with Crippen LogP contribution in [-0.4, -0.2) is 48.4 Å². The van der Waals surface area contributed by atoms with Crippen LogP contribution in [0.15, 0.2) is 52.9 Å². The van der Waals surface area contributed by atoms with Gasteiger partial charge in [-0.15, -0.1) is 5.98 Å². The molecule has 0 saturated carbocycles.